The van der Waals surface area contributed by atoms with Crippen molar-refractivity contribution in [3.8, 4) is 5.75 Å². The predicted octanol–water partition coefficient (Wildman–Crippen LogP) is 2.08. The molecule has 3 rings (SSSR count). The van der Waals surface area contributed by atoms with Gasteiger partial charge in [-0.15, -0.1) is 0 Å². The van der Waals surface area contributed by atoms with Crippen molar-refractivity contribution in [2.45, 2.75) is 18.3 Å². The molecule has 0 bridgehead atoms. The average molecular weight is 232 g/mol. The summed E-state index contributed by atoms with van der Waals surface area (Å²) in [4.78, 5) is 2.42. The van der Waals surface area contributed by atoms with Crippen LogP contribution >= 0.6 is 0 Å². The highest BCUT2D eigenvalue weighted by Crippen LogP contribution is 2.44. The summed E-state index contributed by atoms with van der Waals surface area (Å²) < 4.78 is 5.28. The number of fused-ring (bicyclic) bond motifs is 2. The molecule has 17 heavy (non-hydrogen) atoms. The zero-order valence-electron chi connectivity index (χ0n) is 10.6. The molecule has 1 fully saturated rings. The van der Waals surface area contributed by atoms with Crippen LogP contribution in [0.15, 0.2) is 18.2 Å². The number of ether oxygens (including phenoxy) is 1. The minimum atomic E-state index is 0.369. The van der Waals surface area contributed by atoms with E-state index in [9.17, 15) is 0 Å². The van der Waals surface area contributed by atoms with Crippen LogP contribution in [-0.4, -0.2) is 38.7 Å². The molecule has 3 heteroatoms. The van der Waals surface area contributed by atoms with E-state index in [1.807, 2.05) is 0 Å². The third kappa shape index (κ3) is 1.69. The summed E-state index contributed by atoms with van der Waals surface area (Å²) in [7, 11) is 3.94. The van der Waals surface area contributed by atoms with Gasteiger partial charge in [0.1, 0.15) is 5.75 Å². The summed E-state index contributed by atoms with van der Waals surface area (Å²) in [6.45, 7) is 3.49. The summed E-state index contributed by atoms with van der Waals surface area (Å²) in [5.74, 6) is 0.946. The lowest BCUT2D eigenvalue weighted by Gasteiger charge is -2.37. The van der Waals surface area contributed by atoms with Crippen molar-refractivity contribution in [2.24, 2.45) is 0 Å². The second-order valence-electron chi connectivity index (χ2n) is 5.35. The van der Waals surface area contributed by atoms with Crippen molar-refractivity contribution in [3.63, 3.8) is 0 Å². The fraction of sp³-hybridized carbons (Fsp3) is 0.571. The molecule has 0 saturated carbocycles. The van der Waals surface area contributed by atoms with E-state index in [1.165, 1.54) is 37.2 Å². The van der Waals surface area contributed by atoms with Crippen LogP contribution in [0, 0.1) is 0 Å². The summed E-state index contributed by atoms with van der Waals surface area (Å²) in [6, 6.07) is 6.47. The van der Waals surface area contributed by atoms with Crippen LogP contribution in [0.4, 0.5) is 5.69 Å². The van der Waals surface area contributed by atoms with Gasteiger partial charge in [0, 0.05) is 23.7 Å². The second-order valence-corrected chi connectivity index (χ2v) is 5.35. The molecule has 2 heterocycles. The van der Waals surface area contributed by atoms with E-state index in [0.29, 0.717) is 5.41 Å². The van der Waals surface area contributed by atoms with Gasteiger partial charge in [-0.05, 0) is 44.6 Å². The van der Waals surface area contributed by atoms with Crippen LogP contribution in [-0.2, 0) is 5.41 Å². The predicted molar refractivity (Wildman–Crippen MR) is 69.9 cm³/mol. The van der Waals surface area contributed by atoms with E-state index in [-0.39, 0.29) is 0 Å². The number of hydrogen-bond donors (Lipinski definition) is 1. The molecule has 0 unspecified atom stereocenters. The molecule has 1 aromatic rings. The Balaban J connectivity index is 1.93. The van der Waals surface area contributed by atoms with Crippen LogP contribution in [0.3, 0.4) is 0 Å². The fourth-order valence-corrected chi connectivity index (χ4v) is 3.11. The molecule has 2 aliphatic rings. The number of rotatable bonds is 1. The van der Waals surface area contributed by atoms with Crippen LogP contribution in [0.2, 0.25) is 0 Å². The first-order valence-electron chi connectivity index (χ1n) is 6.34. The van der Waals surface area contributed by atoms with Gasteiger partial charge < -0.3 is 15.0 Å². The molecule has 0 amide bonds. The van der Waals surface area contributed by atoms with Crippen molar-refractivity contribution >= 4 is 5.69 Å². The summed E-state index contributed by atoms with van der Waals surface area (Å²) in [5, 5.41) is 3.55. The molecule has 1 spiro atoms. The molecule has 0 aliphatic carbocycles. The molecule has 0 aromatic heterocycles. The number of likely N-dealkylation sites (tertiary alicyclic amines) is 1. The van der Waals surface area contributed by atoms with Gasteiger partial charge in [-0.2, -0.15) is 0 Å². The summed E-state index contributed by atoms with van der Waals surface area (Å²) in [5.41, 5.74) is 3.13. The molecular weight excluding hydrogens is 212 g/mol. The first-order valence-corrected chi connectivity index (χ1v) is 6.34. The highest BCUT2D eigenvalue weighted by atomic mass is 16.5. The summed E-state index contributed by atoms with van der Waals surface area (Å²) >= 11 is 0. The van der Waals surface area contributed by atoms with Crippen molar-refractivity contribution < 1.29 is 4.74 Å². The Kier molecular flexibility index (Phi) is 2.51. The van der Waals surface area contributed by atoms with Crippen molar-refractivity contribution in [3.05, 3.63) is 23.8 Å². The highest BCUT2D eigenvalue weighted by Gasteiger charge is 2.40. The molecular formula is C14H20N2O. The number of nitrogens with zero attached hydrogens (tertiary/aromatic N) is 1. The van der Waals surface area contributed by atoms with Crippen LogP contribution in [0.1, 0.15) is 18.4 Å². The Labute approximate surface area is 103 Å². The molecule has 1 N–H and O–H groups in total. The first-order chi connectivity index (χ1) is 8.23. The molecule has 1 aromatic carbocycles. The number of anilines is 1. The van der Waals surface area contributed by atoms with Crippen molar-refractivity contribution in [1.82, 2.24) is 4.90 Å². The monoisotopic (exact) mass is 232 g/mol. The van der Waals surface area contributed by atoms with Gasteiger partial charge in [0.05, 0.1) is 7.11 Å². The van der Waals surface area contributed by atoms with E-state index in [1.54, 1.807) is 7.11 Å². The van der Waals surface area contributed by atoms with Crippen molar-refractivity contribution in [2.75, 3.05) is 39.1 Å². The highest BCUT2D eigenvalue weighted by molar-refractivity contribution is 5.63. The van der Waals surface area contributed by atoms with E-state index >= 15 is 0 Å². The lowest BCUT2D eigenvalue weighted by atomic mass is 9.74. The maximum Gasteiger partial charge on any atom is 0.120 e. The minimum Gasteiger partial charge on any atom is -0.497 e. The zero-order valence-corrected chi connectivity index (χ0v) is 10.6. The second kappa shape index (κ2) is 3.91. The van der Waals surface area contributed by atoms with Gasteiger partial charge in [0.15, 0.2) is 0 Å². The molecule has 0 atom stereocenters. The molecule has 1 saturated heterocycles. The van der Waals surface area contributed by atoms with Crippen LogP contribution in [0.5, 0.6) is 5.75 Å². The first kappa shape index (κ1) is 10.9. The van der Waals surface area contributed by atoms with E-state index in [2.05, 4.69) is 35.5 Å². The third-order valence-electron chi connectivity index (χ3n) is 4.36. The molecule has 3 nitrogen and oxygen atoms in total. The Morgan fingerprint density at radius 3 is 2.76 bits per heavy atom. The number of hydrogen-bond acceptors (Lipinski definition) is 3. The Hall–Kier alpha value is -1.22. The lowest BCUT2D eigenvalue weighted by molar-refractivity contribution is 0.200. The van der Waals surface area contributed by atoms with Gasteiger partial charge in [-0.25, -0.2) is 0 Å². The maximum absolute atomic E-state index is 5.28. The van der Waals surface area contributed by atoms with Gasteiger partial charge >= 0.3 is 0 Å². The number of nitrogens with one attached hydrogen (secondary N) is 1. The van der Waals surface area contributed by atoms with Gasteiger partial charge in [0.2, 0.25) is 0 Å². The Morgan fingerprint density at radius 2 is 2.06 bits per heavy atom. The van der Waals surface area contributed by atoms with Crippen LogP contribution < -0.4 is 10.1 Å². The van der Waals surface area contributed by atoms with Gasteiger partial charge in [-0.3, -0.25) is 0 Å². The number of piperidine rings is 1. The van der Waals surface area contributed by atoms with E-state index < -0.39 is 0 Å². The Morgan fingerprint density at radius 1 is 1.29 bits per heavy atom. The summed E-state index contributed by atoms with van der Waals surface area (Å²) in [6.07, 6.45) is 2.52. The number of methoxy groups -OCH3 is 1. The zero-order chi connectivity index (χ0) is 11.9. The molecule has 92 valence electrons. The SMILES string of the molecule is COc1ccc2c(c1)NCC21CCN(C)CC1. The minimum absolute atomic E-state index is 0.369. The quantitative estimate of drug-likeness (QED) is 0.802. The fourth-order valence-electron chi connectivity index (χ4n) is 3.11. The van der Waals surface area contributed by atoms with E-state index in [4.69, 9.17) is 4.74 Å². The normalized spacial score (nSPS) is 22.2. The van der Waals surface area contributed by atoms with Crippen molar-refractivity contribution in [1.29, 1.82) is 0 Å². The molecule has 2 aliphatic heterocycles. The largest absolute Gasteiger partial charge is 0.497 e. The van der Waals surface area contributed by atoms with E-state index in [0.717, 1.165) is 12.3 Å². The third-order valence-corrected chi connectivity index (χ3v) is 4.36. The van der Waals surface area contributed by atoms with Crippen LogP contribution in [0.25, 0.3) is 0 Å². The smallest absolute Gasteiger partial charge is 0.120 e. The van der Waals surface area contributed by atoms with Gasteiger partial charge in [0.25, 0.3) is 0 Å². The maximum atomic E-state index is 5.28. The number of benzene rings is 1. The molecule has 0 radical (unpaired) electrons. The average Bonchev–Trinajstić information content (AvgIpc) is 2.72. The topological polar surface area (TPSA) is 24.5 Å². The standard InChI is InChI=1S/C14H20N2O/c1-16-7-5-14(6-8-16)10-15-13-9-11(17-2)3-4-12(13)14/h3-4,9,15H,5-8,10H2,1-2H3. The Bertz CT molecular complexity index is 422. The lowest BCUT2D eigenvalue weighted by Crippen LogP contribution is -2.42. The van der Waals surface area contributed by atoms with Gasteiger partial charge in [-0.1, -0.05) is 6.07 Å².